The van der Waals surface area contributed by atoms with Crippen LogP contribution < -0.4 is 0 Å². The number of thioether (sulfide) groups is 1. The van der Waals surface area contributed by atoms with Crippen molar-refractivity contribution >= 4 is 23.6 Å². The van der Waals surface area contributed by atoms with Crippen molar-refractivity contribution in [2.75, 3.05) is 31.9 Å². The Morgan fingerprint density at radius 2 is 2.10 bits per heavy atom. The lowest BCUT2D eigenvalue weighted by Crippen LogP contribution is -2.41. The molecule has 0 N–H and O–H groups in total. The third kappa shape index (κ3) is 6.51. The van der Waals surface area contributed by atoms with Gasteiger partial charge in [0.25, 0.3) is 0 Å². The molecule has 8 nitrogen and oxygen atoms in total. The van der Waals surface area contributed by atoms with Gasteiger partial charge in [0.1, 0.15) is 12.1 Å². The molecule has 168 valence electrons. The first kappa shape index (κ1) is 23.2. The summed E-state index contributed by atoms with van der Waals surface area (Å²) in [6.07, 6.45) is 1.16. The molecule has 0 saturated carbocycles. The first-order valence-electron chi connectivity index (χ1n) is 10.2. The van der Waals surface area contributed by atoms with E-state index >= 15 is 0 Å². The van der Waals surface area contributed by atoms with E-state index in [1.54, 1.807) is 41.0 Å². The smallest absolute Gasteiger partial charge is 0.242 e. The van der Waals surface area contributed by atoms with E-state index in [4.69, 9.17) is 4.74 Å². The Labute approximate surface area is 185 Å². The summed E-state index contributed by atoms with van der Waals surface area (Å²) in [5.74, 6) is -0.191. The zero-order valence-electron chi connectivity index (χ0n) is 18.0. The Morgan fingerprint density at radius 3 is 2.77 bits per heavy atom. The van der Waals surface area contributed by atoms with E-state index in [-0.39, 0.29) is 49.0 Å². The number of amides is 2. The second kappa shape index (κ2) is 10.7. The molecular formula is C21H28FN5O3S. The van der Waals surface area contributed by atoms with Crippen LogP contribution in [-0.2, 0) is 28.0 Å². The lowest BCUT2D eigenvalue weighted by Gasteiger charge is -2.26. The number of hydrogen-bond acceptors (Lipinski definition) is 6. The lowest BCUT2D eigenvalue weighted by molar-refractivity contribution is -0.137. The van der Waals surface area contributed by atoms with Gasteiger partial charge >= 0.3 is 0 Å². The van der Waals surface area contributed by atoms with Crippen molar-refractivity contribution in [3.05, 3.63) is 42.0 Å². The predicted molar refractivity (Wildman–Crippen MR) is 115 cm³/mol. The van der Waals surface area contributed by atoms with Gasteiger partial charge in [-0.3, -0.25) is 9.59 Å². The molecule has 0 unspecified atom stereocenters. The maximum absolute atomic E-state index is 14.0. The summed E-state index contributed by atoms with van der Waals surface area (Å²) in [4.78, 5) is 28.9. The van der Waals surface area contributed by atoms with Gasteiger partial charge in [-0.1, -0.05) is 43.8 Å². The highest BCUT2D eigenvalue weighted by Gasteiger charge is 2.31. The Balaban J connectivity index is 1.68. The monoisotopic (exact) mass is 449 g/mol. The van der Waals surface area contributed by atoms with Crippen molar-refractivity contribution in [2.45, 2.75) is 31.7 Å². The highest BCUT2D eigenvalue weighted by molar-refractivity contribution is 7.99. The molecule has 1 fully saturated rings. The standard InChI is InChI=1S/C21H28FN5O3S/c1-15(2)8-26-9-17(30-12-16-6-4-5-7-18(16)22)10-27(11-19(26)28)20(29)13-31-21-24-23-14-25(21)3/h4-7,14-15,17H,8-13H2,1-3H3/t17-/m1/s1. The van der Waals surface area contributed by atoms with Crippen molar-refractivity contribution in [1.82, 2.24) is 24.6 Å². The normalized spacial score (nSPS) is 17.3. The van der Waals surface area contributed by atoms with Gasteiger partial charge < -0.3 is 19.1 Å². The largest absolute Gasteiger partial charge is 0.370 e. The molecule has 1 aromatic carbocycles. The molecule has 3 rings (SSSR count). The summed E-state index contributed by atoms with van der Waals surface area (Å²) in [6.45, 7) is 5.37. The van der Waals surface area contributed by atoms with Gasteiger partial charge in [-0.2, -0.15) is 0 Å². The number of rotatable bonds is 8. The first-order valence-corrected chi connectivity index (χ1v) is 11.2. The van der Waals surface area contributed by atoms with Gasteiger partial charge in [0.05, 0.1) is 25.0 Å². The maximum atomic E-state index is 14.0. The molecule has 2 heterocycles. The third-order valence-corrected chi connectivity index (χ3v) is 5.91. The summed E-state index contributed by atoms with van der Waals surface area (Å²) in [5, 5.41) is 8.40. The number of carbonyl (C=O) groups excluding carboxylic acids is 2. The summed E-state index contributed by atoms with van der Waals surface area (Å²) in [6, 6.07) is 6.44. The summed E-state index contributed by atoms with van der Waals surface area (Å²) in [7, 11) is 1.80. The number of ether oxygens (including phenoxy) is 1. The quantitative estimate of drug-likeness (QED) is 0.573. The molecule has 1 saturated heterocycles. The van der Waals surface area contributed by atoms with E-state index in [0.717, 1.165) is 0 Å². The van der Waals surface area contributed by atoms with Gasteiger partial charge in [-0.05, 0) is 12.0 Å². The summed E-state index contributed by atoms with van der Waals surface area (Å²) < 4.78 is 21.7. The minimum Gasteiger partial charge on any atom is -0.370 e. The average Bonchev–Trinajstić information content (AvgIpc) is 3.07. The fraction of sp³-hybridized carbons (Fsp3) is 0.524. The first-order chi connectivity index (χ1) is 14.8. The van der Waals surface area contributed by atoms with Crippen LogP contribution in [0, 0.1) is 11.7 Å². The van der Waals surface area contributed by atoms with E-state index in [9.17, 15) is 14.0 Å². The van der Waals surface area contributed by atoms with Crippen LogP contribution in [0.2, 0.25) is 0 Å². The van der Waals surface area contributed by atoms with E-state index in [2.05, 4.69) is 10.2 Å². The number of carbonyl (C=O) groups is 2. The number of nitrogens with zero attached hydrogens (tertiary/aromatic N) is 5. The van der Waals surface area contributed by atoms with Crippen molar-refractivity contribution in [3.8, 4) is 0 Å². The minimum atomic E-state index is -0.409. The minimum absolute atomic E-state index is 0.00445. The van der Waals surface area contributed by atoms with Crippen molar-refractivity contribution < 1.29 is 18.7 Å². The molecule has 2 aromatic rings. The van der Waals surface area contributed by atoms with Crippen molar-refractivity contribution in [1.29, 1.82) is 0 Å². The Hall–Kier alpha value is -2.46. The molecule has 0 spiro atoms. The highest BCUT2D eigenvalue weighted by Crippen LogP contribution is 2.18. The van der Waals surface area contributed by atoms with Crippen LogP contribution in [0.25, 0.3) is 0 Å². The van der Waals surface area contributed by atoms with Crippen LogP contribution in [0.15, 0.2) is 35.7 Å². The molecule has 1 aliphatic rings. The molecule has 1 aromatic heterocycles. The second-order valence-electron chi connectivity index (χ2n) is 8.00. The fourth-order valence-electron chi connectivity index (χ4n) is 3.34. The summed E-state index contributed by atoms with van der Waals surface area (Å²) >= 11 is 1.27. The van der Waals surface area contributed by atoms with Crippen LogP contribution in [-0.4, -0.2) is 74.4 Å². The summed E-state index contributed by atoms with van der Waals surface area (Å²) in [5.41, 5.74) is 0.448. The molecular weight excluding hydrogens is 421 g/mol. The van der Waals surface area contributed by atoms with Gasteiger partial charge in [0, 0.05) is 32.2 Å². The molecule has 0 radical (unpaired) electrons. The number of aromatic nitrogens is 3. The van der Waals surface area contributed by atoms with E-state index in [0.29, 0.717) is 23.8 Å². The van der Waals surface area contributed by atoms with Gasteiger partial charge in [0.15, 0.2) is 5.16 Å². The molecule has 2 amide bonds. The SMILES string of the molecule is CC(C)CN1C[C@@H](OCc2ccccc2F)CN(C(=O)CSc2nncn2C)CC1=O. The molecule has 10 heteroatoms. The van der Waals surface area contributed by atoms with Crippen LogP contribution in [0.3, 0.4) is 0 Å². The Bertz CT molecular complexity index is 907. The van der Waals surface area contributed by atoms with Crippen molar-refractivity contribution in [2.24, 2.45) is 13.0 Å². The number of aryl methyl sites for hydroxylation is 1. The topological polar surface area (TPSA) is 80.6 Å². The van der Waals surface area contributed by atoms with E-state index < -0.39 is 6.10 Å². The molecule has 1 atom stereocenters. The average molecular weight is 450 g/mol. The van der Waals surface area contributed by atoms with Gasteiger partial charge in [0.2, 0.25) is 11.8 Å². The van der Waals surface area contributed by atoms with E-state index in [1.807, 2.05) is 13.8 Å². The zero-order chi connectivity index (χ0) is 22.4. The lowest BCUT2D eigenvalue weighted by atomic mass is 10.2. The number of hydrogen-bond donors (Lipinski definition) is 0. The third-order valence-electron chi connectivity index (χ3n) is 4.89. The molecule has 1 aliphatic heterocycles. The van der Waals surface area contributed by atoms with Gasteiger partial charge in [-0.25, -0.2) is 4.39 Å². The highest BCUT2D eigenvalue weighted by atomic mass is 32.2. The van der Waals surface area contributed by atoms with Crippen molar-refractivity contribution in [3.63, 3.8) is 0 Å². The molecule has 0 aliphatic carbocycles. The number of benzene rings is 1. The molecule has 31 heavy (non-hydrogen) atoms. The predicted octanol–water partition coefficient (Wildman–Crippen LogP) is 1.96. The van der Waals surface area contributed by atoms with Crippen LogP contribution in [0.5, 0.6) is 0 Å². The fourth-order valence-corrected chi connectivity index (χ4v) is 4.13. The second-order valence-corrected chi connectivity index (χ2v) is 8.95. The molecule has 0 bridgehead atoms. The van der Waals surface area contributed by atoms with Crippen LogP contribution >= 0.6 is 11.8 Å². The Morgan fingerprint density at radius 1 is 1.32 bits per heavy atom. The zero-order valence-corrected chi connectivity index (χ0v) is 18.8. The van der Waals surface area contributed by atoms with Crippen LogP contribution in [0.1, 0.15) is 19.4 Å². The van der Waals surface area contributed by atoms with E-state index in [1.165, 1.54) is 22.7 Å². The Kier molecular flexibility index (Phi) is 8.03. The van der Waals surface area contributed by atoms with Gasteiger partial charge in [-0.15, -0.1) is 10.2 Å². The van der Waals surface area contributed by atoms with Crippen LogP contribution in [0.4, 0.5) is 4.39 Å². The maximum Gasteiger partial charge on any atom is 0.242 e. The number of halogens is 1.